The number of hydrogen-bond acceptors (Lipinski definition) is 9. The van der Waals surface area contributed by atoms with Crippen LogP contribution in [-0.4, -0.2) is 43.8 Å². The molecule has 0 aliphatic carbocycles. The number of amides is 1. The van der Waals surface area contributed by atoms with Crippen LogP contribution in [-0.2, 0) is 4.79 Å². The fourth-order valence-corrected chi connectivity index (χ4v) is 2.84. The Balaban J connectivity index is 1.51. The second-order valence-electron chi connectivity index (χ2n) is 6.84. The molecule has 3 aromatic rings. The van der Waals surface area contributed by atoms with Crippen molar-refractivity contribution < 1.29 is 33.5 Å². The molecule has 0 aliphatic heterocycles. The highest BCUT2D eigenvalue weighted by Gasteiger charge is 2.15. The first-order chi connectivity index (χ1) is 16.9. The summed E-state index contributed by atoms with van der Waals surface area (Å²) in [6.07, 6.45) is 1.38. The van der Waals surface area contributed by atoms with Crippen LogP contribution in [0.3, 0.4) is 0 Å². The molecule has 11 nitrogen and oxygen atoms in total. The summed E-state index contributed by atoms with van der Waals surface area (Å²) in [5.41, 5.74) is 2.94. The molecule has 35 heavy (non-hydrogen) atoms. The molecule has 11 heteroatoms. The molecule has 3 aromatic carbocycles. The average molecular weight is 479 g/mol. The lowest BCUT2D eigenvalue weighted by Gasteiger charge is -2.09. The van der Waals surface area contributed by atoms with Crippen molar-refractivity contribution >= 4 is 23.8 Å². The zero-order valence-electron chi connectivity index (χ0n) is 18.8. The third kappa shape index (κ3) is 6.78. The largest absolute Gasteiger partial charge is 0.493 e. The molecule has 0 fully saturated rings. The third-order valence-electron chi connectivity index (χ3n) is 4.53. The van der Waals surface area contributed by atoms with Gasteiger partial charge in [0.05, 0.1) is 30.9 Å². The summed E-state index contributed by atoms with van der Waals surface area (Å²) >= 11 is 0. The predicted octanol–water partition coefficient (Wildman–Crippen LogP) is 3.36. The van der Waals surface area contributed by atoms with E-state index in [4.69, 9.17) is 18.9 Å². The Kier molecular flexibility index (Phi) is 8.33. The number of nitro groups is 1. The fourth-order valence-electron chi connectivity index (χ4n) is 2.84. The molecule has 3 rings (SSSR count). The fraction of sp³-hybridized carbons (Fsp3) is 0.125. The van der Waals surface area contributed by atoms with Gasteiger partial charge >= 0.3 is 11.7 Å². The number of methoxy groups -OCH3 is 2. The van der Waals surface area contributed by atoms with Crippen LogP contribution in [0.4, 0.5) is 5.69 Å². The van der Waals surface area contributed by atoms with Crippen LogP contribution in [0.5, 0.6) is 23.0 Å². The Morgan fingerprint density at radius 2 is 1.69 bits per heavy atom. The molecule has 0 aromatic heterocycles. The van der Waals surface area contributed by atoms with Gasteiger partial charge in [-0.1, -0.05) is 12.1 Å². The number of rotatable bonds is 10. The number of para-hydroxylation sites is 2. The number of esters is 1. The van der Waals surface area contributed by atoms with E-state index in [1.54, 1.807) is 42.5 Å². The lowest BCUT2D eigenvalue weighted by atomic mass is 10.2. The number of nitrogens with zero attached hydrogens (tertiary/aromatic N) is 2. The van der Waals surface area contributed by atoms with Crippen molar-refractivity contribution in [1.82, 2.24) is 5.43 Å². The van der Waals surface area contributed by atoms with E-state index in [2.05, 4.69) is 10.5 Å². The van der Waals surface area contributed by atoms with E-state index in [-0.39, 0.29) is 11.4 Å². The topological polar surface area (TPSA) is 139 Å². The van der Waals surface area contributed by atoms with Gasteiger partial charge in [0.15, 0.2) is 23.9 Å². The Hall–Kier alpha value is -4.93. The second-order valence-corrected chi connectivity index (χ2v) is 6.84. The van der Waals surface area contributed by atoms with Crippen molar-refractivity contribution in [3.8, 4) is 23.0 Å². The van der Waals surface area contributed by atoms with Crippen molar-refractivity contribution in [3.63, 3.8) is 0 Å². The Bertz CT molecular complexity index is 1240. The van der Waals surface area contributed by atoms with Gasteiger partial charge in [-0.15, -0.1) is 0 Å². The molecule has 0 atom stereocenters. The van der Waals surface area contributed by atoms with Crippen molar-refractivity contribution in [2.24, 2.45) is 5.10 Å². The molecule has 1 N–H and O–H groups in total. The maximum Gasteiger partial charge on any atom is 0.343 e. The summed E-state index contributed by atoms with van der Waals surface area (Å²) in [7, 11) is 2.97. The van der Waals surface area contributed by atoms with E-state index in [0.717, 1.165) is 0 Å². The standard InChI is InChI=1S/C24H21N3O8/c1-32-21-12-9-17(13-22(21)33-2)24(29)35-18-10-7-16(8-11-18)14-25-26-23(28)15-34-20-6-4-3-5-19(20)27(30)31/h3-14H,15H2,1-2H3,(H,26,28)/b25-14+. The monoisotopic (exact) mass is 479 g/mol. The van der Waals surface area contributed by atoms with Gasteiger partial charge in [-0.25, -0.2) is 10.2 Å². The minimum absolute atomic E-state index is 0.0187. The highest BCUT2D eigenvalue weighted by molar-refractivity contribution is 5.92. The zero-order chi connectivity index (χ0) is 25.2. The normalized spacial score (nSPS) is 10.5. The van der Waals surface area contributed by atoms with Crippen molar-refractivity contribution in [3.05, 3.63) is 88.0 Å². The summed E-state index contributed by atoms with van der Waals surface area (Å²) in [6.45, 7) is -0.451. The Morgan fingerprint density at radius 1 is 0.971 bits per heavy atom. The van der Waals surface area contributed by atoms with Gasteiger partial charge in [-0.05, 0) is 54.1 Å². The molecular formula is C24H21N3O8. The Labute approximate surface area is 200 Å². The number of nitro benzene ring substituents is 1. The van der Waals surface area contributed by atoms with Gasteiger partial charge in [0, 0.05) is 6.07 Å². The third-order valence-corrected chi connectivity index (χ3v) is 4.53. The highest BCUT2D eigenvalue weighted by Crippen LogP contribution is 2.28. The van der Waals surface area contributed by atoms with Crippen molar-refractivity contribution in [2.45, 2.75) is 0 Å². The number of hydrazone groups is 1. The van der Waals surface area contributed by atoms with E-state index in [0.29, 0.717) is 28.4 Å². The summed E-state index contributed by atoms with van der Waals surface area (Å²) < 4.78 is 20.9. The number of hydrogen-bond donors (Lipinski definition) is 1. The first-order valence-corrected chi connectivity index (χ1v) is 10.1. The minimum Gasteiger partial charge on any atom is -0.493 e. The van der Waals surface area contributed by atoms with Crippen molar-refractivity contribution in [1.29, 1.82) is 0 Å². The van der Waals surface area contributed by atoms with E-state index in [1.807, 2.05) is 0 Å². The summed E-state index contributed by atoms with van der Waals surface area (Å²) in [5.74, 6) is 0.0208. The average Bonchev–Trinajstić information content (AvgIpc) is 2.88. The molecule has 0 saturated carbocycles. The van der Waals surface area contributed by atoms with Crippen LogP contribution in [0, 0.1) is 10.1 Å². The van der Waals surface area contributed by atoms with Gasteiger partial charge in [0.1, 0.15) is 5.75 Å². The van der Waals surface area contributed by atoms with Crippen molar-refractivity contribution in [2.75, 3.05) is 20.8 Å². The second kappa shape index (κ2) is 11.8. The van der Waals surface area contributed by atoms with Gasteiger partial charge in [-0.2, -0.15) is 5.10 Å². The molecule has 0 unspecified atom stereocenters. The zero-order valence-corrected chi connectivity index (χ0v) is 18.8. The maximum atomic E-state index is 12.4. The maximum absolute atomic E-state index is 12.4. The van der Waals surface area contributed by atoms with Gasteiger partial charge in [-0.3, -0.25) is 14.9 Å². The summed E-state index contributed by atoms with van der Waals surface area (Å²) in [6, 6.07) is 16.8. The van der Waals surface area contributed by atoms with Gasteiger partial charge in [0.25, 0.3) is 5.91 Å². The SMILES string of the molecule is COc1ccc(C(=O)Oc2ccc(/C=N/NC(=O)COc3ccccc3[N+](=O)[O-])cc2)cc1OC. The summed E-state index contributed by atoms with van der Waals surface area (Å²) in [5, 5.41) is 14.8. The molecule has 0 saturated heterocycles. The molecular weight excluding hydrogens is 458 g/mol. The highest BCUT2D eigenvalue weighted by atomic mass is 16.6. The van der Waals surface area contributed by atoms with Crippen LogP contribution < -0.4 is 24.4 Å². The van der Waals surface area contributed by atoms with Gasteiger partial charge in [0.2, 0.25) is 0 Å². The van der Waals surface area contributed by atoms with Crippen LogP contribution in [0.2, 0.25) is 0 Å². The minimum atomic E-state index is -0.597. The summed E-state index contributed by atoms with van der Waals surface area (Å²) in [4.78, 5) is 34.7. The number of carbonyl (C=O) groups excluding carboxylic acids is 2. The first-order valence-electron chi connectivity index (χ1n) is 10.1. The molecule has 1 amide bonds. The molecule has 0 spiro atoms. The molecule has 0 bridgehead atoms. The molecule has 0 radical (unpaired) electrons. The number of benzene rings is 3. The number of nitrogens with one attached hydrogen (secondary N) is 1. The predicted molar refractivity (Wildman–Crippen MR) is 125 cm³/mol. The lowest BCUT2D eigenvalue weighted by Crippen LogP contribution is -2.24. The number of carbonyl (C=O) groups is 2. The van der Waals surface area contributed by atoms with E-state index in [9.17, 15) is 19.7 Å². The quantitative estimate of drug-likeness (QED) is 0.154. The van der Waals surface area contributed by atoms with Crippen LogP contribution >= 0.6 is 0 Å². The first kappa shape index (κ1) is 24.7. The Morgan fingerprint density at radius 3 is 2.37 bits per heavy atom. The van der Waals surface area contributed by atoms with Crippen LogP contribution in [0.25, 0.3) is 0 Å². The molecule has 0 aliphatic rings. The van der Waals surface area contributed by atoms with E-state index >= 15 is 0 Å². The molecule has 180 valence electrons. The van der Waals surface area contributed by atoms with Crippen LogP contribution in [0.15, 0.2) is 71.8 Å². The van der Waals surface area contributed by atoms with Gasteiger partial charge < -0.3 is 18.9 Å². The van der Waals surface area contributed by atoms with Crippen LogP contribution in [0.1, 0.15) is 15.9 Å². The number of ether oxygens (including phenoxy) is 4. The van der Waals surface area contributed by atoms with E-state index in [1.165, 1.54) is 44.7 Å². The molecule has 0 heterocycles. The van der Waals surface area contributed by atoms with E-state index < -0.39 is 23.4 Å². The smallest absolute Gasteiger partial charge is 0.343 e. The lowest BCUT2D eigenvalue weighted by molar-refractivity contribution is -0.385.